The molecule has 0 aliphatic rings. The largest absolute Gasteiger partial charge is 0.350 e. The minimum atomic E-state index is -4.00. The third-order valence-corrected chi connectivity index (χ3v) is 6.56. The average molecular weight is 519 g/mol. The van der Waals surface area contributed by atoms with Gasteiger partial charge in [-0.1, -0.05) is 43.3 Å². The molecule has 1 N–H and O–H groups in total. The lowest BCUT2D eigenvalue weighted by atomic mass is 10.1. The number of anilines is 1. The van der Waals surface area contributed by atoms with Crippen LogP contribution in [0.5, 0.6) is 0 Å². The first kappa shape index (κ1) is 28.8. The molecule has 1 unspecified atom stereocenters. The normalized spacial score (nSPS) is 12.5. The van der Waals surface area contributed by atoms with Crippen molar-refractivity contribution in [3.63, 3.8) is 0 Å². The number of nitrogens with one attached hydrogen (secondary N) is 1. The zero-order valence-electron chi connectivity index (χ0n) is 21.5. The number of carbonyl (C=O) groups excluding carboxylic acids is 2. The summed E-state index contributed by atoms with van der Waals surface area (Å²) in [5.41, 5.74) is 0.419. The molecule has 10 nitrogen and oxygen atoms in total. The SMILES string of the molecule is CCC(C(=O)NC(C)(C)C)N(Cc1ccccc1)C(=O)CN(c1cc([N+](=O)[O-])ccc1C)S(C)(=O)=O. The van der Waals surface area contributed by atoms with Gasteiger partial charge in [0, 0.05) is 24.2 Å². The molecule has 2 aromatic carbocycles. The number of nitrogens with zero attached hydrogens (tertiary/aromatic N) is 3. The van der Waals surface area contributed by atoms with Gasteiger partial charge in [0.05, 0.1) is 16.9 Å². The smallest absolute Gasteiger partial charge is 0.271 e. The molecule has 0 fully saturated rings. The van der Waals surface area contributed by atoms with E-state index in [0.29, 0.717) is 12.0 Å². The van der Waals surface area contributed by atoms with Gasteiger partial charge in [0.15, 0.2) is 0 Å². The first-order chi connectivity index (χ1) is 16.6. The fourth-order valence-electron chi connectivity index (χ4n) is 3.73. The highest BCUT2D eigenvalue weighted by atomic mass is 32.2. The number of rotatable bonds is 10. The third-order valence-electron chi connectivity index (χ3n) is 5.43. The minimum Gasteiger partial charge on any atom is -0.350 e. The number of nitro groups is 1. The lowest BCUT2D eigenvalue weighted by molar-refractivity contribution is -0.384. The number of aryl methyl sites for hydroxylation is 1. The molecular weight excluding hydrogens is 484 g/mol. The Kier molecular flexibility index (Phi) is 9.20. The highest BCUT2D eigenvalue weighted by Crippen LogP contribution is 2.28. The maximum Gasteiger partial charge on any atom is 0.271 e. The van der Waals surface area contributed by atoms with E-state index in [2.05, 4.69) is 5.32 Å². The van der Waals surface area contributed by atoms with E-state index < -0.39 is 39.0 Å². The van der Waals surface area contributed by atoms with Gasteiger partial charge in [-0.3, -0.25) is 24.0 Å². The van der Waals surface area contributed by atoms with Crippen molar-refractivity contribution < 1.29 is 22.9 Å². The van der Waals surface area contributed by atoms with E-state index >= 15 is 0 Å². The molecule has 0 bridgehead atoms. The summed E-state index contributed by atoms with van der Waals surface area (Å²) in [7, 11) is -4.00. The van der Waals surface area contributed by atoms with Gasteiger partial charge >= 0.3 is 0 Å². The lowest BCUT2D eigenvalue weighted by Crippen LogP contribution is -2.55. The van der Waals surface area contributed by atoms with Crippen molar-refractivity contribution in [2.24, 2.45) is 0 Å². The van der Waals surface area contributed by atoms with Crippen molar-refractivity contribution in [2.45, 2.75) is 59.2 Å². The van der Waals surface area contributed by atoms with E-state index in [1.165, 1.54) is 17.0 Å². The highest BCUT2D eigenvalue weighted by molar-refractivity contribution is 7.92. The molecule has 36 heavy (non-hydrogen) atoms. The Labute approximate surface area is 212 Å². The predicted octanol–water partition coefficient (Wildman–Crippen LogP) is 3.39. The van der Waals surface area contributed by atoms with Crippen LogP contribution in [0.25, 0.3) is 0 Å². The molecule has 0 spiro atoms. The molecule has 0 saturated carbocycles. The van der Waals surface area contributed by atoms with Crippen LogP contribution in [0.1, 0.15) is 45.2 Å². The third kappa shape index (κ3) is 7.77. The van der Waals surface area contributed by atoms with Gasteiger partial charge in [-0.05, 0) is 45.2 Å². The van der Waals surface area contributed by atoms with Crippen molar-refractivity contribution in [3.05, 3.63) is 69.8 Å². The fourth-order valence-corrected chi connectivity index (χ4v) is 4.63. The fraction of sp³-hybridized carbons (Fsp3) is 0.440. The Balaban J connectivity index is 2.52. The van der Waals surface area contributed by atoms with Crippen LogP contribution in [0, 0.1) is 17.0 Å². The van der Waals surface area contributed by atoms with Gasteiger partial charge in [-0.25, -0.2) is 8.42 Å². The van der Waals surface area contributed by atoms with Gasteiger partial charge in [-0.2, -0.15) is 0 Å². The van der Waals surface area contributed by atoms with E-state index in [1.807, 2.05) is 51.1 Å². The topological polar surface area (TPSA) is 130 Å². The number of amides is 2. The predicted molar refractivity (Wildman–Crippen MR) is 139 cm³/mol. The standard InChI is InChI=1S/C25H34N4O6S/c1-7-21(24(31)26-25(3,4)5)27(16-19-11-9-8-10-12-19)23(30)17-28(36(6,34)35)22-15-20(29(32)33)14-13-18(22)2/h8-15,21H,7,16-17H2,1-6H3,(H,26,31). The molecule has 1 atom stereocenters. The maximum atomic E-state index is 13.7. The van der Waals surface area contributed by atoms with Crippen molar-refractivity contribution >= 4 is 33.2 Å². The van der Waals surface area contributed by atoms with Crippen molar-refractivity contribution in [1.82, 2.24) is 10.2 Å². The van der Waals surface area contributed by atoms with E-state index in [0.717, 1.165) is 22.2 Å². The van der Waals surface area contributed by atoms with Gasteiger partial charge in [0.2, 0.25) is 21.8 Å². The van der Waals surface area contributed by atoms with Crippen LogP contribution in [0.2, 0.25) is 0 Å². The summed E-state index contributed by atoms with van der Waals surface area (Å²) >= 11 is 0. The number of hydrogen-bond acceptors (Lipinski definition) is 6. The summed E-state index contributed by atoms with van der Waals surface area (Å²) in [5.74, 6) is -0.960. The molecule has 0 heterocycles. The molecule has 196 valence electrons. The lowest BCUT2D eigenvalue weighted by Gasteiger charge is -2.34. The number of benzene rings is 2. The second-order valence-electron chi connectivity index (χ2n) is 9.67. The van der Waals surface area contributed by atoms with E-state index in [1.54, 1.807) is 13.8 Å². The van der Waals surface area contributed by atoms with Gasteiger partial charge in [-0.15, -0.1) is 0 Å². The van der Waals surface area contributed by atoms with Crippen LogP contribution < -0.4 is 9.62 Å². The zero-order chi connectivity index (χ0) is 27.3. The molecule has 11 heteroatoms. The Morgan fingerprint density at radius 2 is 1.72 bits per heavy atom. The van der Waals surface area contributed by atoms with Crippen LogP contribution in [0.4, 0.5) is 11.4 Å². The maximum absolute atomic E-state index is 13.7. The first-order valence-corrected chi connectivity index (χ1v) is 13.4. The summed E-state index contributed by atoms with van der Waals surface area (Å²) in [6, 6.07) is 12.1. The van der Waals surface area contributed by atoms with E-state index in [4.69, 9.17) is 0 Å². The minimum absolute atomic E-state index is 0.0342. The van der Waals surface area contributed by atoms with Crippen LogP contribution in [0.15, 0.2) is 48.5 Å². The number of nitro benzene ring substituents is 1. The average Bonchev–Trinajstić information content (AvgIpc) is 2.76. The second-order valence-corrected chi connectivity index (χ2v) is 11.6. The summed E-state index contributed by atoms with van der Waals surface area (Å²) in [6.45, 7) is 8.34. The van der Waals surface area contributed by atoms with Crippen molar-refractivity contribution in [3.8, 4) is 0 Å². The number of sulfonamides is 1. The Morgan fingerprint density at radius 1 is 1.11 bits per heavy atom. The molecule has 0 aliphatic carbocycles. The summed E-state index contributed by atoms with van der Waals surface area (Å²) in [4.78, 5) is 38.9. The second kappa shape index (κ2) is 11.5. The first-order valence-electron chi connectivity index (χ1n) is 11.5. The van der Waals surface area contributed by atoms with Crippen molar-refractivity contribution in [1.29, 1.82) is 0 Å². The highest BCUT2D eigenvalue weighted by Gasteiger charge is 2.33. The van der Waals surface area contributed by atoms with Crippen LogP contribution in [0.3, 0.4) is 0 Å². The number of non-ortho nitro benzene ring substituents is 1. The van der Waals surface area contributed by atoms with Crippen molar-refractivity contribution in [2.75, 3.05) is 17.1 Å². The Morgan fingerprint density at radius 3 is 2.22 bits per heavy atom. The quantitative estimate of drug-likeness (QED) is 0.379. The van der Waals surface area contributed by atoms with Gasteiger partial charge in [0.25, 0.3) is 5.69 Å². The molecule has 2 aromatic rings. The van der Waals surface area contributed by atoms with Crippen LogP contribution in [-0.4, -0.2) is 54.4 Å². The zero-order valence-corrected chi connectivity index (χ0v) is 22.3. The monoisotopic (exact) mass is 518 g/mol. The molecule has 2 amide bonds. The van der Waals surface area contributed by atoms with Crippen LogP contribution >= 0.6 is 0 Å². The number of carbonyl (C=O) groups is 2. The Bertz CT molecular complexity index is 1210. The summed E-state index contributed by atoms with van der Waals surface area (Å²) < 4.78 is 26.3. The number of hydrogen-bond donors (Lipinski definition) is 1. The van der Waals surface area contributed by atoms with Crippen LogP contribution in [-0.2, 0) is 26.2 Å². The molecule has 0 aromatic heterocycles. The van der Waals surface area contributed by atoms with E-state index in [-0.39, 0.29) is 23.8 Å². The summed E-state index contributed by atoms with van der Waals surface area (Å²) in [5, 5.41) is 14.2. The van der Waals surface area contributed by atoms with Gasteiger partial charge in [0.1, 0.15) is 12.6 Å². The molecule has 2 rings (SSSR count). The van der Waals surface area contributed by atoms with E-state index in [9.17, 15) is 28.1 Å². The van der Waals surface area contributed by atoms with Gasteiger partial charge < -0.3 is 10.2 Å². The summed E-state index contributed by atoms with van der Waals surface area (Å²) in [6.07, 6.45) is 1.24. The molecule has 0 saturated heterocycles. The molecule has 0 radical (unpaired) electrons. The Hall–Kier alpha value is -3.47. The molecule has 0 aliphatic heterocycles. The molecular formula is C25H34N4O6S.